The van der Waals surface area contributed by atoms with Gasteiger partial charge in [-0.15, -0.1) is 0 Å². The van der Waals surface area contributed by atoms with Crippen molar-refractivity contribution in [1.29, 1.82) is 0 Å². The molecule has 3 rings (SSSR count). The molecule has 0 aliphatic carbocycles. The fourth-order valence-electron chi connectivity index (χ4n) is 3.70. The van der Waals surface area contributed by atoms with Gasteiger partial charge in [-0.2, -0.15) is 26.3 Å². The summed E-state index contributed by atoms with van der Waals surface area (Å²) in [7, 11) is 3.46. The number of carboxylic acids is 2. The highest BCUT2D eigenvalue weighted by atomic mass is 19.4. The molecular formula is C22H28F6N4O6. The summed E-state index contributed by atoms with van der Waals surface area (Å²) in [6, 6.07) is 4.05. The van der Waals surface area contributed by atoms with Crippen molar-refractivity contribution in [2.45, 2.75) is 38.2 Å². The molecule has 3 heterocycles. The molecule has 214 valence electrons. The van der Waals surface area contributed by atoms with Gasteiger partial charge in [0.25, 0.3) is 0 Å². The number of pyridine rings is 1. The third-order valence-electron chi connectivity index (χ3n) is 5.85. The molecule has 2 amide bonds. The Morgan fingerprint density at radius 3 is 1.84 bits per heavy atom. The number of likely N-dealkylation sites (tertiary alicyclic amines) is 2. The van der Waals surface area contributed by atoms with E-state index in [1.807, 2.05) is 12.3 Å². The number of hydrogen-bond acceptors (Lipinski definition) is 6. The zero-order valence-electron chi connectivity index (χ0n) is 20.6. The van der Waals surface area contributed by atoms with Crippen LogP contribution >= 0.6 is 0 Å². The number of rotatable bonds is 4. The van der Waals surface area contributed by atoms with Crippen LogP contribution in [0.2, 0.25) is 0 Å². The largest absolute Gasteiger partial charge is 0.490 e. The van der Waals surface area contributed by atoms with Gasteiger partial charge >= 0.3 is 24.3 Å². The van der Waals surface area contributed by atoms with E-state index >= 15 is 0 Å². The number of aromatic nitrogens is 1. The maximum atomic E-state index is 12.8. The second kappa shape index (κ2) is 13.4. The van der Waals surface area contributed by atoms with Crippen LogP contribution < -0.4 is 0 Å². The summed E-state index contributed by atoms with van der Waals surface area (Å²) in [6.07, 6.45) is -3.82. The third kappa shape index (κ3) is 10.1. The minimum absolute atomic E-state index is 0.00517. The third-order valence-corrected chi connectivity index (χ3v) is 5.85. The molecule has 0 saturated carbocycles. The number of carboxylic acid groups (broad SMARTS) is 2. The van der Waals surface area contributed by atoms with Crippen molar-refractivity contribution in [2.75, 3.05) is 40.3 Å². The van der Waals surface area contributed by atoms with Gasteiger partial charge in [-0.05, 0) is 44.0 Å². The summed E-state index contributed by atoms with van der Waals surface area (Å²) in [5.74, 6) is -5.34. The van der Waals surface area contributed by atoms with E-state index in [1.165, 1.54) is 5.56 Å². The molecule has 2 aliphatic heterocycles. The maximum Gasteiger partial charge on any atom is 0.490 e. The number of likely N-dealkylation sites (N-methyl/N-ethyl adjacent to an activating group) is 1. The van der Waals surface area contributed by atoms with Gasteiger partial charge in [-0.1, -0.05) is 6.07 Å². The van der Waals surface area contributed by atoms with E-state index in [4.69, 9.17) is 19.8 Å². The highest BCUT2D eigenvalue weighted by Crippen LogP contribution is 2.41. The van der Waals surface area contributed by atoms with E-state index in [9.17, 15) is 35.9 Å². The first-order valence-corrected chi connectivity index (χ1v) is 11.1. The predicted molar refractivity (Wildman–Crippen MR) is 118 cm³/mol. The molecule has 38 heavy (non-hydrogen) atoms. The lowest BCUT2D eigenvalue weighted by Gasteiger charge is -2.38. The molecule has 0 bridgehead atoms. The first-order valence-electron chi connectivity index (χ1n) is 11.1. The van der Waals surface area contributed by atoms with Crippen LogP contribution in [0.15, 0.2) is 24.5 Å². The molecule has 2 saturated heterocycles. The Hall–Kier alpha value is -3.43. The zero-order valence-corrected chi connectivity index (χ0v) is 20.6. The van der Waals surface area contributed by atoms with E-state index in [0.717, 1.165) is 38.9 Å². The van der Waals surface area contributed by atoms with Crippen molar-refractivity contribution in [1.82, 2.24) is 19.7 Å². The van der Waals surface area contributed by atoms with Gasteiger partial charge in [0.15, 0.2) is 0 Å². The molecule has 1 aromatic rings. The summed E-state index contributed by atoms with van der Waals surface area (Å²) < 4.78 is 63.5. The number of carbonyl (C=O) groups excluding carboxylic acids is 2. The molecule has 2 fully saturated rings. The number of aliphatic carboxylic acids is 2. The summed E-state index contributed by atoms with van der Waals surface area (Å²) in [6.45, 7) is 3.67. The molecule has 16 heteroatoms. The van der Waals surface area contributed by atoms with Crippen molar-refractivity contribution in [2.24, 2.45) is 5.41 Å². The number of piperidine rings is 1. The Morgan fingerprint density at radius 1 is 0.974 bits per heavy atom. The first kappa shape index (κ1) is 32.6. The van der Waals surface area contributed by atoms with Crippen LogP contribution in [0.5, 0.6) is 0 Å². The summed E-state index contributed by atoms with van der Waals surface area (Å²) in [4.78, 5) is 52.4. The number of alkyl halides is 6. The average molecular weight is 558 g/mol. The molecule has 1 aromatic heterocycles. The Bertz CT molecular complexity index is 939. The number of nitrogens with zero attached hydrogens (tertiary/aromatic N) is 4. The van der Waals surface area contributed by atoms with Gasteiger partial charge in [0.1, 0.15) is 0 Å². The maximum absolute atomic E-state index is 12.8. The van der Waals surface area contributed by atoms with E-state index in [0.29, 0.717) is 6.54 Å². The van der Waals surface area contributed by atoms with E-state index < -0.39 is 24.3 Å². The van der Waals surface area contributed by atoms with Crippen molar-refractivity contribution < 1.29 is 55.7 Å². The van der Waals surface area contributed by atoms with Gasteiger partial charge in [-0.3, -0.25) is 19.5 Å². The van der Waals surface area contributed by atoms with Crippen molar-refractivity contribution in [3.8, 4) is 0 Å². The fourth-order valence-corrected chi connectivity index (χ4v) is 3.70. The minimum Gasteiger partial charge on any atom is -0.475 e. The Balaban J connectivity index is 0.000000426. The number of hydrogen-bond donors (Lipinski definition) is 2. The van der Waals surface area contributed by atoms with E-state index in [2.05, 4.69) is 16.0 Å². The molecule has 1 spiro atoms. The molecule has 0 unspecified atom stereocenters. The zero-order chi connectivity index (χ0) is 29.3. The summed E-state index contributed by atoms with van der Waals surface area (Å²) >= 11 is 0. The number of carbonyl (C=O) groups is 4. The van der Waals surface area contributed by atoms with Crippen LogP contribution in [-0.2, 0) is 25.7 Å². The van der Waals surface area contributed by atoms with Crippen LogP contribution in [0.4, 0.5) is 26.3 Å². The quantitative estimate of drug-likeness (QED) is 0.539. The monoisotopic (exact) mass is 558 g/mol. The lowest BCUT2D eigenvalue weighted by atomic mass is 9.77. The van der Waals surface area contributed by atoms with Crippen LogP contribution in [0.1, 0.15) is 24.8 Å². The summed E-state index contributed by atoms with van der Waals surface area (Å²) in [5, 5.41) is 14.2. The van der Waals surface area contributed by atoms with Gasteiger partial charge in [0.2, 0.25) is 11.8 Å². The summed E-state index contributed by atoms with van der Waals surface area (Å²) in [5.41, 5.74) is 0.974. The molecule has 0 atom stereocenters. The average Bonchev–Trinajstić information content (AvgIpc) is 3.10. The molecule has 0 aromatic carbocycles. The normalized spacial score (nSPS) is 17.2. The van der Waals surface area contributed by atoms with Crippen LogP contribution in [0.25, 0.3) is 0 Å². The molecule has 2 aliphatic rings. The molecule has 10 nitrogen and oxygen atoms in total. The minimum atomic E-state index is -5.08. The van der Waals surface area contributed by atoms with Crippen molar-refractivity contribution in [3.63, 3.8) is 0 Å². The van der Waals surface area contributed by atoms with Gasteiger partial charge in [0, 0.05) is 39.6 Å². The first-order chi connectivity index (χ1) is 17.4. The van der Waals surface area contributed by atoms with Crippen molar-refractivity contribution >= 4 is 23.8 Å². The van der Waals surface area contributed by atoms with E-state index in [1.54, 1.807) is 30.1 Å². The van der Waals surface area contributed by atoms with E-state index in [-0.39, 0.29) is 23.8 Å². The Labute approximate surface area is 213 Å². The van der Waals surface area contributed by atoms with Gasteiger partial charge in [0.05, 0.1) is 12.0 Å². The highest BCUT2D eigenvalue weighted by Gasteiger charge is 2.48. The lowest BCUT2D eigenvalue weighted by Crippen LogP contribution is -2.46. The van der Waals surface area contributed by atoms with Crippen LogP contribution in [0, 0.1) is 5.41 Å². The fraction of sp³-hybridized carbons (Fsp3) is 0.591. The smallest absolute Gasteiger partial charge is 0.475 e. The number of amides is 2. The van der Waals surface area contributed by atoms with Crippen molar-refractivity contribution in [3.05, 3.63) is 30.1 Å². The topological polar surface area (TPSA) is 131 Å². The standard InChI is InChI=1S/C18H26N4O2.2C2HF3O2/c1-20(2)16(23)14-22-11-7-18(17(22)24)5-9-21(10-6-18)13-15-4-3-8-19-12-15;2*3-2(4,5)1(6)7/h3-4,8,12H,5-7,9-11,13-14H2,1-2H3;2*(H,6,7). The molecule has 2 N–H and O–H groups in total. The predicted octanol–water partition coefficient (Wildman–Crippen LogP) is 2.25. The Kier molecular flexibility index (Phi) is 11.5. The number of halogens is 6. The Morgan fingerprint density at radius 2 is 1.45 bits per heavy atom. The van der Waals surface area contributed by atoms with Gasteiger partial charge < -0.3 is 20.0 Å². The second-order valence-corrected chi connectivity index (χ2v) is 8.79. The van der Waals surface area contributed by atoms with Crippen LogP contribution in [0.3, 0.4) is 0 Å². The SMILES string of the molecule is CN(C)C(=O)CN1CCC2(CCN(Cc3cccnc3)CC2)C1=O.O=C(O)C(F)(F)F.O=C(O)C(F)(F)F. The second-order valence-electron chi connectivity index (χ2n) is 8.79. The molecule has 0 radical (unpaired) electrons. The lowest BCUT2D eigenvalue weighted by molar-refractivity contribution is -0.193. The van der Waals surface area contributed by atoms with Gasteiger partial charge in [-0.25, -0.2) is 9.59 Å². The van der Waals surface area contributed by atoms with Crippen LogP contribution in [-0.4, -0.2) is 106 Å². The molecular weight excluding hydrogens is 530 g/mol. The highest BCUT2D eigenvalue weighted by molar-refractivity contribution is 5.89.